The van der Waals surface area contributed by atoms with E-state index in [1.165, 1.54) is 17.6 Å². The Morgan fingerprint density at radius 3 is 2.83 bits per heavy atom. The van der Waals surface area contributed by atoms with Crippen LogP contribution in [0.1, 0.15) is 0 Å². The van der Waals surface area contributed by atoms with Crippen molar-refractivity contribution in [1.82, 2.24) is 14.6 Å². The Kier molecular flexibility index (Phi) is 2.46. The highest BCUT2D eigenvalue weighted by molar-refractivity contribution is 7.23. The van der Waals surface area contributed by atoms with Crippen LogP contribution in [0.4, 0.5) is 0 Å². The van der Waals surface area contributed by atoms with Crippen LogP contribution in [0.2, 0.25) is 0 Å². The second-order valence-electron chi connectivity index (χ2n) is 5.17. The fraction of sp³-hybridized carbons (Fsp3) is 0. The molecule has 5 aromatic rings. The molecule has 110 valence electrons. The molecule has 0 aliphatic carbocycles. The number of thiazole rings is 1. The zero-order valence-corrected chi connectivity index (χ0v) is 12.6. The van der Waals surface area contributed by atoms with E-state index >= 15 is 0 Å². The fourth-order valence-electron chi connectivity index (χ4n) is 2.79. The van der Waals surface area contributed by atoms with Gasteiger partial charge < -0.3 is 4.42 Å². The van der Waals surface area contributed by atoms with E-state index in [-0.39, 0.29) is 11.3 Å². The molecule has 0 spiro atoms. The van der Waals surface area contributed by atoms with E-state index in [2.05, 4.69) is 28.3 Å². The second-order valence-corrected chi connectivity index (χ2v) is 6.18. The first-order valence-electron chi connectivity index (χ1n) is 7.06. The topological polar surface area (TPSA) is 60.4 Å². The van der Waals surface area contributed by atoms with Crippen LogP contribution in [-0.4, -0.2) is 14.6 Å². The van der Waals surface area contributed by atoms with Gasteiger partial charge in [0.15, 0.2) is 11.5 Å². The average molecular weight is 319 g/mol. The Bertz CT molecular complexity index is 1240. The highest BCUT2D eigenvalue weighted by Gasteiger charge is 2.15. The Morgan fingerprint density at radius 2 is 1.96 bits per heavy atom. The standard InChI is InChI=1S/C17H9N3O2S/c21-16-14(12-6-3-9-22-12)19-20-15-11-5-2-1-4-10(11)7-8-13(15)23-17(20)18-16/h1-9H. The minimum Gasteiger partial charge on any atom is -0.462 e. The minimum atomic E-state index is -0.379. The van der Waals surface area contributed by atoms with Gasteiger partial charge in [-0.15, -0.1) is 0 Å². The molecular formula is C17H9N3O2S. The first-order chi connectivity index (χ1) is 11.3. The van der Waals surface area contributed by atoms with Crippen molar-refractivity contribution in [3.63, 3.8) is 0 Å². The molecule has 0 radical (unpaired) electrons. The molecule has 0 amide bonds. The van der Waals surface area contributed by atoms with Crippen LogP contribution in [0.5, 0.6) is 0 Å². The third-order valence-corrected chi connectivity index (χ3v) is 4.81. The molecular weight excluding hydrogens is 310 g/mol. The monoisotopic (exact) mass is 319 g/mol. The number of hydrogen-bond acceptors (Lipinski definition) is 5. The van der Waals surface area contributed by atoms with Crippen LogP contribution in [0.15, 0.2) is 64.0 Å². The summed E-state index contributed by atoms with van der Waals surface area (Å²) in [5.74, 6) is 0.427. The lowest BCUT2D eigenvalue weighted by atomic mass is 10.1. The largest absolute Gasteiger partial charge is 0.462 e. The van der Waals surface area contributed by atoms with E-state index in [0.717, 1.165) is 21.0 Å². The van der Waals surface area contributed by atoms with Crippen LogP contribution in [0, 0.1) is 0 Å². The van der Waals surface area contributed by atoms with Crippen molar-refractivity contribution in [2.45, 2.75) is 0 Å². The highest BCUT2D eigenvalue weighted by atomic mass is 32.1. The molecule has 0 fully saturated rings. The quantitative estimate of drug-likeness (QED) is 0.472. The van der Waals surface area contributed by atoms with E-state index in [1.54, 1.807) is 16.6 Å². The predicted molar refractivity (Wildman–Crippen MR) is 89.8 cm³/mol. The maximum Gasteiger partial charge on any atom is 0.304 e. The predicted octanol–water partition coefficient (Wildman–Crippen LogP) is 3.72. The lowest BCUT2D eigenvalue weighted by Crippen LogP contribution is -2.14. The van der Waals surface area contributed by atoms with Gasteiger partial charge in [0, 0.05) is 5.39 Å². The molecule has 5 nitrogen and oxygen atoms in total. The molecule has 0 saturated carbocycles. The van der Waals surface area contributed by atoms with Crippen molar-refractivity contribution in [1.29, 1.82) is 0 Å². The third-order valence-electron chi connectivity index (χ3n) is 3.81. The summed E-state index contributed by atoms with van der Waals surface area (Å²) >= 11 is 1.46. The number of benzene rings is 2. The van der Waals surface area contributed by atoms with Crippen LogP contribution >= 0.6 is 11.3 Å². The summed E-state index contributed by atoms with van der Waals surface area (Å²) in [5, 5.41) is 6.72. The van der Waals surface area contributed by atoms with Crippen LogP contribution in [0.3, 0.4) is 0 Å². The average Bonchev–Trinajstić information content (AvgIpc) is 3.21. The minimum absolute atomic E-state index is 0.222. The number of aromatic nitrogens is 3. The van der Waals surface area contributed by atoms with Crippen molar-refractivity contribution in [3.8, 4) is 11.5 Å². The van der Waals surface area contributed by atoms with Crippen molar-refractivity contribution < 1.29 is 4.42 Å². The van der Waals surface area contributed by atoms with E-state index < -0.39 is 0 Å². The number of rotatable bonds is 1. The highest BCUT2D eigenvalue weighted by Crippen LogP contribution is 2.31. The van der Waals surface area contributed by atoms with E-state index in [9.17, 15) is 4.79 Å². The fourth-order valence-corrected chi connectivity index (χ4v) is 3.76. The van der Waals surface area contributed by atoms with Crippen molar-refractivity contribution >= 4 is 37.3 Å². The van der Waals surface area contributed by atoms with Crippen molar-refractivity contribution in [3.05, 3.63) is 65.1 Å². The molecule has 6 heteroatoms. The summed E-state index contributed by atoms with van der Waals surface area (Å²) in [5.41, 5.74) is 0.805. The zero-order chi connectivity index (χ0) is 15.4. The molecule has 5 rings (SSSR count). The Morgan fingerprint density at radius 1 is 1.04 bits per heavy atom. The molecule has 0 aliphatic rings. The van der Waals surface area contributed by atoms with Crippen LogP contribution < -0.4 is 5.56 Å². The molecule has 2 aromatic carbocycles. The zero-order valence-electron chi connectivity index (χ0n) is 11.8. The van der Waals surface area contributed by atoms with E-state index in [1.807, 2.05) is 18.2 Å². The van der Waals surface area contributed by atoms with Gasteiger partial charge in [0.2, 0.25) is 4.96 Å². The number of furan rings is 1. The number of nitrogens with zero attached hydrogens (tertiary/aromatic N) is 3. The molecule has 0 N–H and O–H groups in total. The lowest BCUT2D eigenvalue weighted by molar-refractivity contribution is 0.577. The van der Waals surface area contributed by atoms with E-state index in [4.69, 9.17) is 4.42 Å². The molecule has 0 bridgehead atoms. The third kappa shape index (κ3) is 1.75. The maximum absolute atomic E-state index is 12.2. The van der Waals surface area contributed by atoms with Gasteiger partial charge in [0.1, 0.15) is 0 Å². The molecule has 0 saturated heterocycles. The summed E-state index contributed by atoms with van der Waals surface area (Å²) in [4.78, 5) is 17.0. The van der Waals surface area contributed by atoms with Gasteiger partial charge in [-0.1, -0.05) is 41.7 Å². The summed E-state index contributed by atoms with van der Waals surface area (Å²) in [6.07, 6.45) is 1.52. The summed E-state index contributed by atoms with van der Waals surface area (Å²) < 4.78 is 8.09. The van der Waals surface area contributed by atoms with Crippen LogP contribution in [0.25, 0.3) is 37.4 Å². The lowest BCUT2D eigenvalue weighted by Gasteiger charge is -2.01. The van der Waals surface area contributed by atoms with E-state index in [0.29, 0.717) is 10.7 Å². The van der Waals surface area contributed by atoms with Gasteiger partial charge in [-0.25, -0.2) is 4.52 Å². The molecule has 0 aliphatic heterocycles. The van der Waals surface area contributed by atoms with Gasteiger partial charge in [-0.3, -0.25) is 4.79 Å². The van der Waals surface area contributed by atoms with Crippen molar-refractivity contribution in [2.75, 3.05) is 0 Å². The molecule has 0 unspecified atom stereocenters. The first kappa shape index (κ1) is 12.5. The van der Waals surface area contributed by atoms with Crippen LogP contribution in [-0.2, 0) is 0 Å². The second kappa shape index (κ2) is 4.50. The normalized spacial score (nSPS) is 11.7. The van der Waals surface area contributed by atoms with Gasteiger partial charge in [-0.2, -0.15) is 10.1 Å². The number of hydrogen-bond donors (Lipinski definition) is 0. The SMILES string of the molecule is O=c1nc2sc3ccc4ccccc4c3n2nc1-c1ccco1. The van der Waals surface area contributed by atoms with Crippen molar-refractivity contribution in [2.24, 2.45) is 0 Å². The first-order valence-corrected chi connectivity index (χ1v) is 7.88. The summed E-state index contributed by atoms with van der Waals surface area (Å²) in [7, 11) is 0. The Hall–Kier alpha value is -2.99. The number of fused-ring (bicyclic) bond motifs is 5. The molecule has 23 heavy (non-hydrogen) atoms. The van der Waals surface area contributed by atoms with Gasteiger partial charge in [0.05, 0.1) is 16.5 Å². The molecule has 3 aromatic heterocycles. The van der Waals surface area contributed by atoms with Gasteiger partial charge in [0.25, 0.3) is 0 Å². The van der Waals surface area contributed by atoms with Gasteiger partial charge >= 0.3 is 5.56 Å². The Balaban J connectivity index is 1.99. The van der Waals surface area contributed by atoms with Gasteiger partial charge in [-0.05, 0) is 23.6 Å². The maximum atomic E-state index is 12.2. The molecule has 3 heterocycles. The molecule has 0 atom stereocenters. The summed E-state index contributed by atoms with van der Waals surface area (Å²) in [6.45, 7) is 0. The Labute approximate surface area is 133 Å². The summed E-state index contributed by atoms with van der Waals surface area (Å²) in [6, 6.07) is 15.7. The smallest absolute Gasteiger partial charge is 0.304 e.